The van der Waals surface area contributed by atoms with E-state index >= 15 is 0 Å². The Morgan fingerprint density at radius 3 is 2.79 bits per heavy atom. The number of halogens is 2. The summed E-state index contributed by atoms with van der Waals surface area (Å²) in [6.07, 6.45) is 0.390. The molecule has 1 fully saturated rings. The fourth-order valence-corrected chi connectivity index (χ4v) is 4.77. The minimum atomic E-state index is -0.915. The summed E-state index contributed by atoms with van der Waals surface area (Å²) in [5.74, 6) is -0.440. The highest BCUT2D eigenvalue weighted by Gasteiger charge is 2.50. The Hall–Kier alpha value is -2.20. The Balaban J connectivity index is 1.84. The second-order valence-electron chi connectivity index (χ2n) is 6.74. The molecule has 10 heteroatoms. The first kappa shape index (κ1) is 21.5. The van der Waals surface area contributed by atoms with E-state index in [1.165, 1.54) is 29.1 Å². The largest absolute Gasteiger partial charge is 0.347 e. The summed E-state index contributed by atoms with van der Waals surface area (Å²) in [6.45, 7) is 3.65. The topological polar surface area (TPSA) is 68.2 Å². The summed E-state index contributed by atoms with van der Waals surface area (Å²) in [5, 5.41) is 19.8. The number of urea groups is 1. The van der Waals surface area contributed by atoms with Gasteiger partial charge in [0.15, 0.2) is 10.5 Å². The number of hydrogen-bond acceptors (Lipinski definition) is 5. The zero-order valence-corrected chi connectivity index (χ0v) is 17.9. The van der Waals surface area contributed by atoms with Crippen molar-refractivity contribution in [3.63, 3.8) is 0 Å². The number of thioether (sulfide) groups is 1. The summed E-state index contributed by atoms with van der Waals surface area (Å²) in [7, 11) is 0. The number of hydrogen-bond donors (Lipinski definition) is 2. The van der Waals surface area contributed by atoms with Gasteiger partial charge in [0.05, 0.1) is 11.0 Å². The van der Waals surface area contributed by atoms with Crippen molar-refractivity contribution in [3.05, 3.63) is 64.9 Å². The molecule has 0 aromatic heterocycles. The quantitative estimate of drug-likeness (QED) is 0.290. The second-order valence-corrected chi connectivity index (χ2v) is 9.47. The monoisotopic (exact) mass is 452 g/mol. The van der Waals surface area contributed by atoms with E-state index in [-0.39, 0.29) is 5.56 Å². The molecular formula is C19H18ClFN4O2S2. The van der Waals surface area contributed by atoms with Crippen LogP contribution in [0.3, 0.4) is 0 Å². The van der Waals surface area contributed by atoms with E-state index in [0.717, 1.165) is 0 Å². The van der Waals surface area contributed by atoms with Crippen molar-refractivity contribution >= 4 is 57.8 Å². The van der Waals surface area contributed by atoms with Crippen LogP contribution in [0.15, 0.2) is 53.6 Å². The summed E-state index contributed by atoms with van der Waals surface area (Å²) in [6, 6.07) is 11.9. The Labute approximate surface area is 182 Å². The van der Waals surface area contributed by atoms with E-state index in [0.29, 0.717) is 20.1 Å². The van der Waals surface area contributed by atoms with E-state index in [9.17, 15) is 14.4 Å². The van der Waals surface area contributed by atoms with Crippen LogP contribution < -0.4 is 5.32 Å². The smallest absolute Gasteiger partial charge is 0.306 e. The normalized spacial score (nSPS) is 18.3. The molecule has 29 heavy (non-hydrogen) atoms. The van der Waals surface area contributed by atoms with E-state index in [4.69, 9.17) is 23.8 Å². The first-order chi connectivity index (χ1) is 13.7. The van der Waals surface area contributed by atoms with Crippen LogP contribution >= 0.6 is 35.6 Å². The number of carbonyl (C=O) groups excluding carboxylic acids is 1. The second kappa shape index (κ2) is 8.66. The third kappa shape index (κ3) is 4.87. The van der Waals surface area contributed by atoms with E-state index in [1.807, 2.05) is 13.8 Å². The first-order valence-corrected chi connectivity index (χ1v) is 10.1. The lowest BCUT2D eigenvalue weighted by Gasteiger charge is -2.34. The SMILES string of the molecule is CC1(C)SC(=S)N(/N=C/c2ccccc2F)C1N(O)C(=O)Nc1cccc(Cl)c1. The number of thiocarbonyl (C=S) groups is 1. The molecule has 1 unspecified atom stereocenters. The highest BCUT2D eigenvalue weighted by atomic mass is 35.5. The fourth-order valence-electron chi connectivity index (χ4n) is 2.79. The fraction of sp³-hybridized carbons (Fsp3) is 0.211. The molecule has 3 rings (SSSR count). The lowest BCUT2D eigenvalue weighted by atomic mass is 10.1. The summed E-state index contributed by atoms with van der Waals surface area (Å²) >= 11 is 12.6. The molecule has 2 aromatic rings. The van der Waals surface area contributed by atoms with Crippen molar-refractivity contribution in [1.82, 2.24) is 10.1 Å². The molecule has 1 atom stereocenters. The molecule has 1 aliphatic heterocycles. The van der Waals surface area contributed by atoms with Crippen molar-refractivity contribution in [2.75, 3.05) is 5.32 Å². The van der Waals surface area contributed by atoms with Gasteiger partial charge in [-0.25, -0.2) is 14.2 Å². The van der Waals surface area contributed by atoms with Gasteiger partial charge in [0.25, 0.3) is 0 Å². The molecule has 152 valence electrons. The number of carbonyl (C=O) groups is 1. The molecule has 0 aliphatic carbocycles. The molecule has 0 saturated carbocycles. The van der Waals surface area contributed by atoms with Crippen LogP contribution in [0.1, 0.15) is 19.4 Å². The average molecular weight is 453 g/mol. The van der Waals surface area contributed by atoms with Gasteiger partial charge >= 0.3 is 6.03 Å². The lowest BCUT2D eigenvalue weighted by molar-refractivity contribution is -0.114. The molecule has 1 saturated heterocycles. The van der Waals surface area contributed by atoms with Gasteiger partial charge in [-0.15, -0.1) is 0 Å². The van der Waals surface area contributed by atoms with Gasteiger partial charge in [0, 0.05) is 16.3 Å². The molecular weight excluding hydrogens is 435 g/mol. The number of anilines is 1. The molecule has 1 aliphatic rings. The van der Waals surface area contributed by atoms with Crippen LogP contribution in [0, 0.1) is 5.82 Å². The highest BCUT2D eigenvalue weighted by Crippen LogP contribution is 2.42. The zero-order chi connectivity index (χ0) is 21.2. The Morgan fingerprint density at radius 2 is 2.10 bits per heavy atom. The van der Waals surface area contributed by atoms with Gasteiger partial charge in [-0.2, -0.15) is 10.2 Å². The maximum atomic E-state index is 13.9. The van der Waals surface area contributed by atoms with E-state index < -0.39 is 22.8 Å². The maximum absolute atomic E-state index is 13.9. The van der Waals surface area contributed by atoms with Crippen LogP contribution in [-0.4, -0.2) is 42.8 Å². The number of hydroxylamine groups is 2. The zero-order valence-electron chi connectivity index (χ0n) is 15.5. The predicted molar refractivity (Wildman–Crippen MR) is 118 cm³/mol. The van der Waals surface area contributed by atoms with Gasteiger partial charge in [-0.05, 0) is 38.1 Å². The van der Waals surface area contributed by atoms with Crippen LogP contribution in [0.4, 0.5) is 14.9 Å². The molecule has 1 heterocycles. The van der Waals surface area contributed by atoms with Crippen LogP contribution in [0.25, 0.3) is 0 Å². The number of amides is 2. The van der Waals surface area contributed by atoms with Gasteiger partial charge in [0.1, 0.15) is 5.82 Å². The van der Waals surface area contributed by atoms with E-state index in [2.05, 4.69) is 10.4 Å². The Kier molecular flexibility index (Phi) is 6.42. The van der Waals surface area contributed by atoms with Gasteiger partial charge in [0.2, 0.25) is 0 Å². The summed E-state index contributed by atoms with van der Waals surface area (Å²) in [5.41, 5.74) is 0.686. The lowest BCUT2D eigenvalue weighted by Crippen LogP contribution is -2.54. The van der Waals surface area contributed by atoms with E-state index in [1.54, 1.807) is 42.5 Å². The standard InChI is InChI=1S/C19H18ClFN4O2S2/c1-19(2)16(25(27)17(26)23-14-8-5-7-13(20)10-14)24(18(28)29-19)22-11-12-6-3-4-9-15(12)21/h3-11,16,27H,1-2H3,(H,23,26)/b22-11+. The molecule has 2 amide bonds. The number of hydrazone groups is 1. The molecule has 0 spiro atoms. The van der Waals surface area contributed by atoms with Crippen molar-refractivity contribution in [2.45, 2.75) is 24.8 Å². The predicted octanol–water partition coefficient (Wildman–Crippen LogP) is 5.17. The van der Waals surface area contributed by atoms with Crippen LogP contribution in [0.5, 0.6) is 0 Å². The minimum absolute atomic E-state index is 0.261. The van der Waals surface area contributed by atoms with Gasteiger partial charge in [-0.1, -0.05) is 59.8 Å². The van der Waals surface area contributed by atoms with Crippen LogP contribution in [-0.2, 0) is 0 Å². The number of rotatable bonds is 4. The van der Waals surface area contributed by atoms with Gasteiger partial charge < -0.3 is 5.32 Å². The molecule has 6 nitrogen and oxygen atoms in total. The number of nitrogens with one attached hydrogen (secondary N) is 1. The number of benzene rings is 2. The van der Waals surface area contributed by atoms with Crippen LogP contribution in [0.2, 0.25) is 5.02 Å². The van der Waals surface area contributed by atoms with Crippen molar-refractivity contribution in [2.24, 2.45) is 5.10 Å². The third-order valence-corrected chi connectivity index (χ3v) is 5.90. The molecule has 0 bridgehead atoms. The average Bonchev–Trinajstić information content (AvgIpc) is 2.88. The maximum Gasteiger partial charge on any atom is 0.347 e. The van der Waals surface area contributed by atoms with Crippen molar-refractivity contribution < 1.29 is 14.4 Å². The highest BCUT2D eigenvalue weighted by molar-refractivity contribution is 8.24. The van der Waals surface area contributed by atoms with Gasteiger partial charge in [-0.3, -0.25) is 5.21 Å². The third-order valence-electron chi connectivity index (χ3n) is 4.13. The van der Waals surface area contributed by atoms with Crippen molar-refractivity contribution in [3.8, 4) is 0 Å². The minimum Gasteiger partial charge on any atom is -0.306 e. The summed E-state index contributed by atoms with van der Waals surface area (Å²) in [4.78, 5) is 12.6. The molecule has 0 radical (unpaired) electrons. The molecule has 2 N–H and O–H groups in total. The molecule has 2 aromatic carbocycles. The first-order valence-electron chi connectivity index (χ1n) is 8.54. The van der Waals surface area contributed by atoms with Crippen molar-refractivity contribution in [1.29, 1.82) is 0 Å². The Bertz CT molecular complexity index is 973. The Morgan fingerprint density at radius 1 is 1.38 bits per heavy atom. The number of nitrogens with zero attached hydrogens (tertiary/aromatic N) is 3. The summed E-state index contributed by atoms with van der Waals surface area (Å²) < 4.78 is 13.6.